The van der Waals surface area contributed by atoms with E-state index in [4.69, 9.17) is 18.0 Å². The molecule has 0 unspecified atom stereocenters. The number of urea groups is 1. The van der Waals surface area contributed by atoms with Gasteiger partial charge >= 0.3 is 6.03 Å². The van der Waals surface area contributed by atoms with Gasteiger partial charge in [-0.2, -0.15) is 0 Å². The van der Waals surface area contributed by atoms with Crippen molar-refractivity contribution in [3.63, 3.8) is 0 Å². The van der Waals surface area contributed by atoms with Gasteiger partial charge in [-0.3, -0.25) is 10.9 Å². The molecule has 0 saturated carbocycles. The van der Waals surface area contributed by atoms with Crippen LogP contribution in [0.2, 0.25) is 0 Å². The van der Waals surface area contributed by atoms with Crippen molar-refractivity contribution in [2.45, 2.75) is 13.3 Å². The molecule has 70 valence electrons. The molecule has 2 amide bonds. The molecule has 0 saturated heterocycles. The van der Waals surface area contributed by atoms with E-state index in [9.17, 15) is 4.79 Å². The number of hydrogen-bond acceptors (Lipinski definition) is 4. The van der Waals surface area contributed by atoms with E-state index in [1.54, 1.807) is 0 Å². The number of carbonyl (C=O) groups is 1. The number of nitrogens with two attached hydrogens (primary N) is 1. The second-order valence-electron chi connectivity index (χ2n) is 1.88. The summed E-state index contributed by atoms with van der Waals surface area (Å²) in [7, 11) is 0. The maximum atomic E-state index is 10.2. The van der Waals surface area contributed by atoms with Gasteiger partial charge in [0.2, 0.25) is 0 Å². The maximum absolute atomic E-state index is 10.2. The Hall–Kier alpha value is -0.530. The zero-order valence-electron chi connectivity index (χ0n) is 6.72. The number of amides is 2. The average molecular weight is 208 g/mol. The minimum atomic E-state index is -0.661. The lowest BCUT2D eigenvalue weighted by Crippen LogP contribution is -2.49. The highest BCUT2D eigenvalue weighted by Gasteiger charge is 1.94. The van der Waals surface area contributed by atoms with Gasteiger partial charge in [0.05, 0.1) is 0 Å². The number of carbonyl (C=O) groups excluding carboxylic acids is 1. The molecule has 0 aromatic heterocycles. The van der Waals surface area contributed by atoms with Gasteiger partial charge in [0.25, 0.3) is 0 Å². The van der Waals surface area contributed by atoms with Crippen molar-refractivity contribution in [2.24, 2.45) is 5.73 Å². The summed E-state index contributed by atoms with van der Waals surface area (Å²) >= 11 is 6.36. The van der Waals surface area contributed by atoms with Crippen molar-refractivity contribution < 1.29 is 4.79 Å². The topological polar surface area (TPSA) is 79.2 Å². The van der Waals surface area contributed by atoms with Crippen LogP contribution in [-0.2, 0) is 0 Å². The summed E-state index contributed by atoms with van der Waals surface area (Å²) < 4.78 is 0.575. The fourth-order valence-corrected chi connectivity index (χ4v) is 1.19. The lowest BCUT2D eigenvalue weighted by atomic mass is 10.6. The first-order chi connectivity index (χ1) is 5.66. The van der Waals surface area contributed by atoms with Gasteiger partial charge in [0.1, 0.15) is 4.32 Å². The molecule has 0 aliphatic heterocycles. The van der Waals surface area contributed by atoms with Gasteiger partial charge in [-0.1, -0.05) is 30.9 Å². The highest BCUT2D eigenvalue weighted by Crippen LogP contribution is 2.01. The second kappa shape index (κ2) is 7.14. The Bertz CT molecular complexity index is 164. The first-order valence-electron chi connectivity index (χ1n) is 3.40. The summed E-state index contributed by atoms with van der Waals surface area (Å²) in [6, 6.07) is -0.661. The van der Waals surface area contributed by atoms with E-state index in [0.717, 1.165) is 12.2 Å². The molecule has 0 aromatic carbocycles. The fraction of sp³-hybridized carbons (Fsp3) is 0.600. The van der Waals surface area contributed by atoms with Crippen LogP contribution >= 0.6 is 24.0 Å². The average Bonchev–Trinajstić information content (AvgIpc) is 2.00. The van der Waals surface area contributed by atoms with Crippen LogP contribution in [0.15, 0.2) is 0 Å². The molecule has 12 heavy (non-hydrogen) atoms. The fourth-order valence-electron chi connectivity index (χ4n) is 0.375. The molecule has 0 atom stereocenters. The van der Waals surface area contributed by atoms with E-state index in [1.807, 2.05) is 0 Å². The van der Waals surface area contributed by atoms with Crippen molar-refractivity contribution in [3.8, 4) is 0 Å². The summed E-state index contributed by atoms with van der Waals surface area (Å²) in [6.45, 7) is 2.06. The number of rotatable bonds is 4. The Kier molecular flexibility index (Phi) is 6.82. The third kappa shape index (κ3) is 7.58. The molecule has 0 aliphatic carbocycles. The quantitative estimate of drug-likeness (QED) is 0.389. The van der Waals surface area contributed by atoms with E-state index in [2.05, 4.69) is 23.3 Å². The molecule has 5 nitrogen and oxygen atoms in total. The molecule has 0 aliphatic rings. The van der Waals surface area contributed by atoms with Crippen molar-refractivity contribution in [2.75, 3.05) is 5.75 Å². The standard InChI is InChI=1S/C5H12N4OS2/c1-2-3-12-5(11)8-9-7-4(6)10/h9H,2-3H2,1H3,(H,8,11)(H3,6,7,10). The number of thiocarbonyl (C=S) groups is 1. The van der Waals surface area contributed by atoms with Gasteiger partial charge in [-0.25, -0.2) is 4.79 Å². The highest BCUT2D eigenvalue weighted by atomic mass is 32.2. The van der Waals surface area contributed by atoms with Gasteiger partial charge in [-0.15, -0.1) is 5.53 Å². The van der Waals surface area contributed by atoms with E-state index in [0.29, 0.717) is 4.32 Å². The van der Waals surface area contributed by atoms with Crippen LogP contribution in [0.3, 0.4) is 0 Å². The minimum absolute atomic E-state index is 0.575. The Morgan fingerprint density at radius 1 is 1.58 bits per heavy atom. The monoisotopic (exact) mass is 208 g/mol. The molecule has 0 spiro atoms. The van der Waals surface area contributed by atoms with Gasteiger partial charge < -0.3 is 5.73 Å². The smallest absolute Gasteiger partial charge is 0.327 e. The van der Waals surface area contributed by atoms with Crippen molar-refractivity contribution >= 4 is 34.3 Å². The predicted octanol–water partition coefficient (Wildman–Crippen LogP) is 0.0920. The lowest BCUT2D eigenvalue weighted by molar-refractivity contribution is 0.243. The predicted molar refractivity (Wildman–Crippen MR) is 54.3 cm³/mol. The zero-order valence-corrected chi connectivity index (χ0v) is 8.35. The van der Waals surface area contributed by atoms with Gasteiger partial charge in [-0.05, 0) is 6.42 Å². The lowest BCUT2D eigenvalue weighted by Gasteiger charge is -2.07. The minimum Gasteiger partial charge on any atom is -0.351 e. The third-order valence-electron chi connectivity index (χ3n) is 0.788. The van der Waals surface area contributed by atoms with E-state index in [-0.39, 0.29) is 0 Å². The second-order valence-corrected chi connectivity index (χ2v) is 3.65. The van der Waals surface area contributed by atoms with Crippen LogP contribution in [0.5, 0.6) is 0 Å². The molecule has 0 radical (unpaired) electrons. The molecule has 0 aromatic rings. The number of primary amides is 1. The van der Waals surface area contributed by atoms with Crippen LogP contribution in [0.25, 0.3) is 0 Å². The Labute approximate surface area is 80.8 Å². The van der Waals surface area contributed by atoms with Gasteiger partial charge in [0.15, 0.2) is 0 Å². The van der Waals surface area contributed by atoms with Crippen LogP contribution in [0, 0.1) is 0 Å². The van der Waals surface area contributed by atoms with Crippen molar-refractivity contribution in [1.29, 1.82) is 0 Å². The van der Waals surface area contributed by atoms with Crippen LogP contribution < -0.4 is 22.1 Å². The Morgan fingerprint density at radius 3 is 2.75 bits per heavy atom. The summed E-state index contributed by atoms with van der Waals surface area (Å²) in [6.07, 6.45) is 1.05. The normalized spacial score (nSPS) is 9.08. The summed E-state index contributed by atoms with van der Waals surface area (Å²) in [5.74, 6) is 0.948. The van der Waals surface area contributed by atoms with E-state index >= 15 is 0 Å². The number of nitrogens with one attached hydrogen (secondary N) is 3. The summed E-state index contributed by atoms with van der Waals surface area (Å²) in [5.41, 5.74) is 11.8. The van der Waals surface area contributed by atoms with E-state index < -0.39 is 6.03 Å². The van der Waals surface area contributed by atoms with E-state index in [1.165, 1.54) is 11.8 Å². The molecule has 0 bridgehead atoms. The first kappa shape index (κ1) is 11.5. The molecule has 0 heterocycles. The molecular formula is C5H12N4OS2. The number of thioether (sulfide) groups is 1. The molecule has 0 fully saturated rings. The Balaban J connectivity index is 3.25. The zero-order chi connectivity index (χ0) is 9.40. The largest absolute Gasteiger partial charge is 0.351 e. The maximum Gasteiger partial charge on any atom is 0.327 e. The van der Waals surface area contributed by atoms with Crippen LogP contribution in [0.4, 0.5) is 4.79 Å². The third-order valence-corrected chi connectivity index (χ3v) is 2.22. The number of hydrogen-bond donors (Lipinski definition) is 4. The van der Waals surface area contributed by atoms with Crippen LogP contribution in [-0.4, -0.2) is 16.1 Å². The first-order valence-corrected chi connectivity index (χ1v) is 4.79. The molecule has 5 N–H and O–H groups in total. The highest BCUT2D eigenvalue weighted by molar-refractivity contribution is 8.22. The molecular weight excluding hydrogens is 196 g/mol. The van der Waals surface area contributed by atoms with Crippen molar-refractivity contribution in [3.05, 3.63) is 0 Å². The summed E-state index contributed by atoms with van der Waals surface area (Å²) in [5, 5.41) is 0. The summed E-state index contributed by atoms with van der Waals surface area (Å²) in [4.78, 5) is 10.2. The van der Waals surface area contributed by atoms with Crippen molar-refractivity contribution in [1.82, 2.24) is 16.4 Å². The Morgan fingerprint density at radius 2 is 2.25 bits per heavy atom. The van der Waals surface area contributed by atoms with Gasteiger partial charge in [0, 0.05) is 5.75 Å². The number of hydrazine groups is 2. The molecule has 0 rings (SSSR count). The molecule has 7 heteroatoms. The van der Waals surface area contributed by atoms with Crippen LogP contribution in [0.1, 0.15) is 13.3 Å². The SMILES string of the molecule is CCCSC(=S)NNNC(N)=O.